The van der Waals surface area contributed by atoms with Crippen LogP contribution in [0.1, 0.15) is 12.8 Å². The van der Waals surface area contributed by atoms with Crippen molar-refractivity contribution >= 4 is 39.4 Å². The van der Waals surface area contributed by atoms with Crippen molar-refractivity contribution in [1.82, 2.24) is 19.9 Å². The second-order valence-corrected chi connectivity index (χ2v) is 9.10. The van der Waals surface area contributed by atoms with Gasteiger partial charge in [-0.25, -0.2) is 15.0 Å². The molecular weight excluding hydrogens is 460 g/mol. The summed E-state index contributed by atoms with van der Waals surface area (Å²) < 4.78 is 17.5. The zero-order valence-corrected chi connectivity index (χ0v) is 20.1. The third-order valence-corrected chi connectivity index (χ3v) is 6.58. The number of hydrogen-bond acceptors (Lipinski definition) is 9. The molecule has 2 N–H and O–H groups in total. The SMILES string of the molecule is CNc1ncc(-c2nc3cc(OCCN4CCOCC4)ccc3o2)c2cc(NC(=O)C3CC3)ncc12. The highest BCUT2D eigenvalue weighted by atomic mass is 16.5. The molecule has 0 radical (unpaired) electrons. The van der Waals surface area contributed by atoms with Crippen LogP contribution in [0.5, 0.6) is 5.75 Å². The molecule has 10 heteroatoms. The molecule has 1 saturated heterocycles. The molecule has 1 amide bonds. The van der Waals surface area contributed by atoms with Crippen LogP contribution in [0.15, 0.2) is 41.1 Å². The number of rotatable bonds is 8. The molecule has 2 aliphatic rings. The van der Waals surface area contributed by atoms with E-state index in [2.05, 4.69) is 25.5 Å². The predicted molar refractivity (Wildman–Crippen MR) is 136 cm³/mol. The Morgan fingerprint density at radius 2 is 2.00 bits per heavy atom. The lowest BCUT2D eigenvalue weighted by atomic mass is 10.1. The third-order valence-electron chi connectivity index (χ3n) is 6.58. The van der Waals surface area contributed by atoms with E-state index in [0.717, 1.165) is 67.8 Å². The van der Waals surface area contributed by atoms with Gasteiger partial charge < -0.3 is 24.5 Å². The van der Waals surface area contributed by atoms with Crippen LogP contribution in [0, 0.1) is 5.92 Å². The van der Waals surface area contributed by atoms with E-state index < -0.39 is 0 Å². The highest BCUT2D eigenvalue weighted by Crippen LogP contribution is 2.35. The fourth-order valence-corrected chi connectivity index (χ4v) is 4.38. The maximum absolute atomic E-state index is 12.3. The zero-order chi connectivity index (χ0) is 24.5. The number of carbonyl (C=O) groups excluding carboxylic acids is 1. The number of nitrogens with zero attached hydrogens (tertiary/aromatic N) is 4. The smallest absolute Gasteiger partial charge is 0.229 e. The van der Waals surface area contributed by atoms with Crippen LogP contribution in [0.4, 0.5) is 11.6 Å². The van der Waals surface area contributed by atoms with E-state index in [-0.39, 0.29) is 11.8 Å². The number of benzene rings is 1. The molecule has 0 spiro atoms. The molecule has 36 heavy (non-hydrogen) atoms. The Morgan fingerprint density at radius 1 is 1.14 bits per heavy atom. The predicted octanol–water partition coefficient (Wildman–Crippen LogP) is 3.54. The minimum Gasteiger partial charge on any atom is -0.492 e. The molecule has 186 valence electrons. The first kappa shape index (κ1) is 22.7. The number of oxazole rings is 1. The Hall–Kier alpha value is -3.76. The first-order chi connectivity index (χ1) is 17.7. The number of carbonyl (C=O) groups is 1. The molecule has 2 fully saturated rings. The van der Waals surface area contributed by atoms with Gasteiger partial charge in [-0.3, -0.25) is 9.69 Å². The lowest BCUT2D eigenvalue weighted by Crippen LogP contribution is -2.38. The van der Waals surface area contributed by atoms with Gasteiger partial charge in [0.1, 0.15) is 29.5 Å². The van der Waals surface area contributed by atoms with Gasteiger partial charge >= 0.3 is 0 Å². The van der Waals surface area contributed by atoms with Gasteiger partial charge in [-0.05, 0) is 31.0 Å². The largest absolute Gasteiger partial charge is 0.492 e. The lowest BCUT2D eigenvalue weighted by Gasteiger charge is -2.26. The van der Waals surface area contributed by atoms with E-state index in [1.165, 1.54) is 0 Å². The average Bonchev–Trinajstić information content (AvgIpc) is 3.68. The molecule has 1 aliphatic carbocycles. The van der Waals surface area contributed by atoms with Crippen LogP contribution >= 0.6 is 0 Å². The Kier molecular flexibility index (Phi) is 6.12. The van der Waals surface area contributed by atoms with Gasteiger partial charge in [0.15, 0.2) is 5.58 Å². The van der Waals surface area contributed by atoms with Crippen LogP contribution < -0.4 is 15.4 Å². The van der Waals surface area contributed by atoms with Crippen molar-refractivity contribution in [2.45, 2.75) is 12.8 Å². The van der Waals surface area contributed by atoms with Gasteiger partial charge in [-0.15, -0.1) is 0 Å². The van der Waals surface area contributed by atoms with Crippen molar-refractivity contribution in [2.24, 2.45) is 5.92 Å². The Bertz CT molecular complexity index is 1410. The van der Waals surface area contributed by atoms with Crippen molar-refractivity contribution in [3.05, 3.63) is 36.7 Å². The Morgan fingerprint density at radius 3 is 2.81 bits per heavy atom. The summed E-state index contributed by atoms with van der Waals surface area (Å²) in [6.07, 6.45) is 5.30. The molecule has 0 unspecified atom stereocenters. The monoisotopic (exact) mass is 488 g/mol. The quantitative estimate of drug-likeness (QED) is 0.384. The van der Waals surface area contributed by atoms with E-state index >= 15 is 0 Å². The fourth-order valence-electron chi connectivity index (χ4n) is 4.38. The molecule has 3 aromatic heterocycles. The lowest BCUT2D eigenvalue weighted by molar-refractivity contribution is -0.117. The van der Waals surface area contributed by atoms with Gasteiger partial charge in [-0.2, -0.15) is 0 Å². The van der Waals surface area contributed by atoms with E-state index in [0.29, 0.717) is 35.2 Å². The van der Waals surface area contributed by atoms with Gasteiger partial charge in [0.2, 0.25) is 11.8 Å². The van der Waals surface area contributed by atoms with Crippen molar-refractivity contribution in [3.8, 4) is 17.2 Å². The highest BCUT2D eigenvalue weighted by Gasteiger charge is 2.30. The number of hydrogen-bond donors (Lipinski definition) is 2. The molecule has 1 aromatic carbocycles. The number of anilines is 2. The van der Waals surface area contributed by atoms with E-state index in [1.807, 2.05) is 31.3 Å². The summed E-state index contributed by atoms with van der Waals surface area (Å²) >= 11 is 0. The minimum atomic E-state index is 0.00862. The zero-order valence-electron chi connectivity index (χ0n) is 20.1. The summed E-state index contributed by atoms with van der Waals surface area (Å²) in [4.78, 5) is 28.3. The summed E-state index contributed by atoms with van der Waals surface area (Å²) in [5.74, 6) is 2.48. The van der Waals surface area contributed by atoms with Crippen LogP contribution in [0.3, 0.4) is 0 Å². The van der Waals surface area contributed by atoms with Crippen LogP contribution in [0.25, 0.3) is 33.3 Å². The number of nitrogens with one attached hydrogen (secondary N) is 2. The molecule has 0 atom stereocenters. The molecule has 4 heterocycles. The molecular formula is C26H28N6O4. The number of pyridine rings is 2. The van der Waals surface area contributed by atoms with Crippen molar-refractivity contribution in [3.63, 3.8) is 0 Å². The van der Waals surface area contributed by atoms with Gasteiger partial charge in [0, 0.05) is 61.8 Å². The Labute approximate surface area is 208 Å². The number of morpholine rings is 1. The second-order valence-electron chi connectivity index (χ2n) is 9.10. The first-order valence-corrected chi connectivity index (χ1v) is 12.3. The van der Waals surface area contributed by atoms with Gasteiger partial charge in [0.05, 0.1) is 18.8 Å². The summed E-state index contributed by atoms with van der Waals surface area (Å²) in [6, 6.07) is 7.51. The van der Waals surface area contributed by atoms with Crippen LogP contribution in [-0.4, -0.2) is 72.3 Å². The fraction of sp³-hybridized carbons (Fsp3) is 0.385. The average molecular weight is 489 g/mol. The number of amides is 1. The molecule has 0 bridgehead atoms. The molecule has 10 nitrogen and oxygen atoms in total. The molecule has 1 saturated carbocycles. The van der Waals surface area contributed by atoms with E-state index in [4.69, 9.17) is 18.9 Å². The third kappa shape index (κ3) is 4.69. The summed E-state index contributed by atoms with van der Waals surface area (Å²) in [5.41, 5.74) is 2.09. The number of fused-ring (bicyclic) bond motifs is 2. The minimum absolute atomic E-state index is 0.00862. The van der Waals surface area contributed by atoms with Crippen LogP contribution in [-0.2, 0) is 9.53 Å². The molecule has 4 aromatic rings. The summed E-state index contributed by atoms with van der Waals surface area (Å²) in [6.45, 7) is 4.87. The number of ether oxygens (including phenoxy) is 2. The first-order valence-electron chi connectivity index (χ1n) is 12.3. The molecule has 6 rings (SSSR count). The van der Waals surface area contributed by atoms with E-state index in [9.17, 15) is 4.79 Å². The van der Waals surface area contributed by atoms with Crippen molar-refractivity contribution in [1.29, 1.82) is 0 Å². The standard InChI is InChI=1S/C26H28N6O4/c1-27-24-19-14-28-23(31-25(33)16-2-3-16)13-18(19)20(15-29-24)26-30-21-12-17(4-5-22(21)36-26)35-11-8-32-6-9-34-10-7-32/h4-5,12-16H,2-3,6-11H2,1H3,(H,27,29)(H,28,31,33). The second kappa shape index (κ2) is 9.71. The summed E-state index contributed by atoms with van der Waals surface area (Å²) in [5, 5.41) is 7.67. The van der Waals surface area contributed by atoms with Crippen molar-refractivity contribution in [2.75, 3.05) is 57.1 Å². The van der Waals surface area contributed by atoms with Crippen molar-refractivity contribution < 1.29 is 18.7 Å². The topological polar surface area (TPSA) is 115 Å². The number of aromatic nitrogens is 3. The highest BCUT2D eigenvalue weighted by molar-refractivity contribution is 6.03. The van der Waals surface area contributed by atoms with E-state index in [1.54, 1.807) is 12.4 Å². The normalized spacial score (nSPS) is 16.4. The molecule has 1 aliphatic heterocycles. The maximum atomic E-state index is 12.3. The van der Waals surface area contributed by atoms with Gasteiger partial charge in [0.25, 0.3) is 0 Å². The van der Waals surface area contributed by atoms with Crippen LogP contribution in [0.2, 0.25) is 0 Å². The van der Waals surface area contributed by atoms with Gasteiger partial charge in [-0.1, -0.05) is 0 Å². The Balaban J connectivity index is 1.27. The maximum Gasteiger partial charge on any atom is 0.229 e. The summed E-state index contributed by atoms with van der Waals surface area (Å²) in [7, 11) is 1.81.